The molecule has 178 valence electrons. The van der Waals surface area contributed by atoms with Crippen molar-refractivity contribution < 1.29 is 22.8 Å². The molecule has 0 bridgehead atoms. The van der Waals surface area contributed by atoms with Gasteiger partial charge in [-0.15, -0.1) is 0 Å². The topological polar surface area (TPSA) is 177 Å². The van der Waals surface area contributed by atoms with Gasteiger partial charge in [0.05, 0.1) is 18.3 Å². The number of benzene rings is 1. The van der Waals surface area contributed by atoms with Crippen LogP contribution in [-0.4, -0.2) is 69.4 Å². The Morgan fingerprint density at radius 2 is 1.97 bits per heavy atom. The molecule has 12 heteroatoms. The minimum Gasteiger partial charge on any atom is -0.345 e. The Kier molecular flexibility index (Phi) is 10.2. The highest BCUT2D eigenvalue weighted by molar-refractivity contribution is 7.88. The lowest BCUT2D eigenvalue weighted by molar-refractivity contribution is -0.139. The van der Waals surface area contributed by atoms with E-state index in [9.17, 15) is 22.8 Å². The normalized spacial score (nSPS) is 17.9. The molecule has 0 radical (unpaired) electrons. The number of nitrogens with two attached hydrogens (primary N) is 2. The van der Waals surface area contributed by atoms with Gasteiger partial charge in [0.1, 0.15) is 18.6 Å². The van der Waals surface area contributed by atoms with Crippen molar-refractivity contribution in [3.05, 3.63) is 35.9 Å². The van der Waals surface area contributed by atoms with Crippen molar-refractivity contribution >= 4 is 28.1 Å². The first kappa shape index (κ1) is 25.9. The van der Waals surface area contributed by atoms with Gasteiger partial charge in [0.2, 0.25) is 21.8 Å². The van der Waals surface area contributed by atoms with Crippen molar-refractivity contribution in [3.63, 3.8) is 0 Å². The monoisotopic (exact) mass is 468 g/mol. The van der Waals surface area contributed by atoms with Crippen molar-refractivity contribution in [2.75, 3.05) is 19.6 Å². The number of aldehydes is 1. The van der Waals surface area contributed by atoms with E-state index in [0.29, 0.717) is 50.6 Å². The van der Waals surface area contributed by atoms with Gasteiger partial charge in [0.25, 0.3) is 0 Å². The zero-order chi connectivity index (χ0) is 23.6. The van der Waals surface area contributed by atoms with E-state index in [1.54, 1.807) is 30.3 Å². The van der Waals surface area contributed by atoms with E-state index in [1.165, 1.54) is 4.90 Å². The number of nitrogens with one attached hydrogen (secondary N) is 3. The zero-order valence-corrected chi connectivity index (χ0v) is 18.7. The number of likely N-dealkylation sites (tertiary alicyclic amines) is 1. The number of sulfonamides is 1. The Balaban J connectivity index is 1.85. The molecular weight excluding hydrogens is 436 g/mol. The predicted octanol–water partition coefficient (Wildman–Crippen LogP) is -1.65. The van der Waals surface area contributed by atoms with E-state index in [0.717, 1.165) is 0 Å². The number of piperidine rings is 1. The average Bonchev–Trinajstić information content (AvgIpc) is 2.73. The molecule has 0 saturated carbocycles. The van der Waals surface area contributed by atoms with E-state index in [4.69, 9.17) is 11.5 Å². The minimum atomic E-state index is -3.73. The predicted molar refractivity (Wildman–Crippen MR) is 119 cm³/mol. The molecule has 1 aliphatic rings. The van der Waals surface area contributed by atoms with Crippen LogP contribution in [0.3, 0.4) is 0 Å². The fourth-order valence-corrected chi connectivity index (χ4v) is 4.82. The van der Waals surface area contributed by atoms with Crippen LogP contribution in [0, 0.1) is 0 Å². The maximum absolute atomic E-state index is 12.7. The van der Waals surface area contributed by atoms with Crippen LogP contribution < -0.4 is 26.8 Å². The molecule has 32 heavy (non-hydrogen) atoms. The molecule has 0 aliphatic carbocycles. The van der Waals surface area contributed by atoms with Gasteiger partial charge in [-0.05, 0) is 37.8 Å². The summed E-state index contributed by atoms with van der Waals surface area (Å²) in [5.74, 6) is -1.16. The van der Waals surface area contributed by atoms with Crippen LogP contribution in [0.1, 0.15) is 31.2 Å². The number of amides is 2. The van der Waals surface area contributed by atoms with E-state index in [1.807, 2.05) is 0 Å². The fraction of sp³-hybridized carbons (Fsp3) is 0.550. The maximum atomic E-state index is 12.7. The van der Waals surface area contributed by atoms with Crippen molar-refractivity contribution in [2.24, 2.45) is 11.5 Å². The summed E-state index contributed by atoms with van der Waals surface area (Å²) in [7, 11) is -3.73. The average molecular weight is 469 g/mol. The largest absolute Gasteiger partial charge is 0.345 e. The van der Waals surface area contributed by atoms with Crippen LogP contribution in [0.15, 0.2) is 30.3 Å². The minimum absolute atomic E-state index is 0.233. The Bertz CT molecular complexity index is 864. The highest BCUT2D eigenvalue weighted by atomic mass is 32.2. The van der Waals surface area contributed by atoms with Gasteiger partial charge in [0, 0.05) is 6.54 Å². The highest BCUT2D eigenvalue weighted by Crippen LogP contribution is 2.14. The molecule has 11 nitrogen and oxygen atoms in total. The molecule has 2 amide bonds. The van der Waals surface area contributed by atoms with Gasteiger partial charge in [-0.3, -0.25) is 14.9 Å². The number of carbonyl (C=O) groups is 3. The third-order valence-electron chi connectivity index (χ3n) is 4.97. The van der Waals surface area contributed by atoms with Crippen LogP contribution in [0.4, 0.5) is 0 Å². The maximum Gasteiger partial charge on any atom is 0.241 e. The first-order valence-corrected chi connectivity index (χ1v) is 12.2. The summed E-state index contributed by atoms with van der Waals surface area (Å²) in [6.07, 6.45) is 1.87. The van der Waals surface area contributed by atoms with Crippen molar-refractivity contribution in [2.45, 2.75) is 49.8 Å². The summed E-state index contributed by atoms with van der Waals surface area (Å²) in [6, 6.07) is 7.06. The second kappa shape index (κ2) is 12.6. The zero-order valence-electron chi connectivity index (χ0n) is 17.9. The Morgan fingerprint density at radius 1 is 1.25 bits per heavy atom. The molecule has 2 atom stereocenters. The molecule has 2 unspecified atom stereocenters. The number of nitrogens with zero attached hydrogens (tertiary/aromatic N) is 1. The number of rotatable bonds is 13. The molecular formula is C20H32N6O5S. The Labute approximate surface area is 188 Å². The lowest BCUT2D eigenvalue weighted by Crippen LogP contribution is -2.55. The molecule has 1 aromatic carbocycles. The van der Waals surface area contributed by atoms with E-state index in [-0.39, 0.29) is 12.3 Å². The highest BCUT2D eigenvalue weighted by Gasteiger charge is 2.33. The van der Waals surface area contributed by atoms with Gasteiger partial charge in [-0.1, -0.05) is 30.3 Å². The van der Waals surface area contributed by atoms with Crippen LogP contribution in [0.2, 0.25) is 0 Å². The second-order valence-corrected chi connectivity index (χ2v) is 9.50. The molecule has 0 spiro atoms. The first-order chi connectivity index (χ1) is 15.2. The second-order valence-electron chi connectivity index (χ2n) is 7.75. The summed E-state index contributed by atoms with van der Waals surface area (Å²) < 4.78 is 27.4. The fourth-order valence-electron chi connectivity index (χ4n) is 3.45. The van der Waals surface area contributed by atoms with Gasteiger partial charge in [-0.25, -0.2) is 13.1 Å². The van der Waals surface area contributed by atoms with E-state index >= 15 is 0 Å². The number of hydrogen-bond donors (Lipinski definition) is 5. The smallest absolute Gasteiger partial charge is 0.241 e. The molecule has 1 fully saturated rings. The summed E-state index contributed by atoms with van der Waals surface area (Å²) in [5.41, 5.74) is 11.4. The van der Waals surface area contributed by atoms with Crippen LogP contribution in [0.25, 0.3) is 0 Å². The van der Waals surface area contributed by atoms with Crippen molar-refractivity contribution in [3.8, 4) is 0 Å². The lowest BCUT2D eigenvalue weighted by atomic mass is 10.1. The Hall–Kier alpha value is -2.38. The van der Waals surface area contributed by atoms with Crippen molar-refractivity contribution in [1.29, 1.82) is 0 Å². The molecule has 1 aliphatic heterocycles. The number of carbonyl (C=O) groups excluding carboxylic acids is 3. The summed E-state index contributed by atoms with van der Waals surface area (Å²) in [5, 5.41) is 5.39. The van der Waals surface area contributed by atoms with Gasteiger partial charge >= 0.3 is 0 Å². The molecule has 7 N–H and O–H groups in total. The van der Waals surface area contributed by atoms with Crippen molar-refractivity contribution in [1.82, 2.24) is 20.3 Å². The standard InChI is InChI=1S/C20H32N6O5S/c21-20(22)23-10-4-8-16(13-27)24-18(28)12-26-11-5-9-17(19(26)29)25-32(30,31)14-15-6-2-1-3-7-15/h1-3,6-7,13,16-17,20,23,25H,4-5,8-12,14,21-22H2,(H,24,28). The lowest BCUT2D eigenvalue weighted by Gasteiger charge is -2.32. The molecule has 0 aromatic heterocycles. The summed E-state index contributed by atoms with van der Waals surface area (Å²) in [6.45, 7) is 0.590. The van der Waals surface area contributed by atoms with E-state index in [2.05, 4.69) is 15.4 Å². The van der Waals surface area contributed by atoms with Crippen LogP contribution >= 0.6 is 0 Å². The summed E-state index contributed by atoms with van der Waals surface area (Å²) >= 11 is 0. The molecule has 1 saturated heterocycles. The van der Waals surface area contributed by atoms with Gasteiger partial charge < -0.3 is 26.5 Å². The molecule has 1 aromatic rings. The Morgan fingerprint density at radius 3 is 2.62 bits per heavy atom. The number of hydrogen-bond acceptors (Lipinski definition) is 8. The third-order valence-corrected chi connectivity index (χ3v) is 6.33. The van der Waals surface area contributed by atoms with Crippen LogP contribution in [-0.2, 0) is 30.2 Å². The molecule has 1 heterocycles. The first-order valence-electron chi connectivity index (χ1n) is 10.5. The van der Waals surface area contributed by atoms with Gasteiger partial charge in [-0.2, -0.15) is 0 Å². The molecule has 2 rings (SSSR count). The quantitative estimate of drug-likeness (QED) is 0.130. The SMILES string of the molecule is NC(N)NCCCC(C=O)NC(=O)CN1CCCC(NS(=O)(=O)Cc2ccccc2)C1=O. The van der Waals surface area contributed by atoms with E-state index < -0.39 is 40.2 Å². The van der Waals surface area contributed by atoms with Crippen LogP contribution in [0.5, 0.6) is 0 Å². The third kappa shape index (κ3) is 9.01. The van der Waals surface area contributed by atoms with Gasteiger partial charge in [0.15, 0.2) is 0 Å². The summed E-state index contributed by atoms with van der Waals surface area (Å²) in [4.78, 5) is 37.6.